The maximum Gasteiger partial charge on any atom is 0.252 e. The monoisotopic (exact) mass is 161 g/mol. The standard InChI is InChI=1S/C4H7N3O2S/c1-4-5-3-6-7(4)10(2,8)9/h3H,1-2H3. The lowest BCUT2D eigenvalue weighted by atomic mass is 10.8. The van der Waals surface area contributed by atoms with E-state index in [2.05, 4.69) is 10.1 Å². The molecule has 0 bridgehead atoms. The van der Waals surface area contributed by atoms with E-state index in [4.69, 9.17) is 0 Å². The Bertz CT molecular complexity index is 326. The summed E-state index contributed by atoms with van der Waals surface area (Å²) in [5, 5.41) is 3.50. The lowest BCUT2D eigenvalue weighted by Crippen LogP contribution is -2.13. The van der Waals surface area contributed by atoms with E-state index in [9.17, 15) is 8.42 Å². The fourth-order valence-corrected chi connectivity index (χ4v) is 1.36. The summed E-state index contributed by atoms with van der Waals surface area (Å²) in [6, 6.07) is 0. The van der Waals surface area contributed by atoms with Crippen molar-refractivity contribution < 1.29 is 8.42 Å². The summed E-state index contributed by atoms with van der Waals surface area (Å²) in [6.45, 7) is 1.58. The van der Waals surface area contributed by atoms with Crippen LogP contribution in [0, 0.1) is 6.92 Å². The van der Waals surface area contributed by atoms with Gasteiger partial charge in [-0.15, -0.1) is 9.19 Å². The van der Waals surface area contributed by atoms with Gasteiger partial charge in [0.1, 0.15) is 12.2 Å². The zero-order valence-corrected chi connectivity index (χ0v) is 6.46. The van der Waals surface area contributed by atoms with Gasteiger partial charge in [0.25, 0.3) is 10.0 Å². The minimum atomic E-state index is -3.25. The molecule has 0 spiro atoms. The molecule has 1 aromatic rings. The topological polar surface area (TPSA) is 64.8 Å². The van der Waals surface area contributed by atoms with Crippen LogP contribution in [0.4, 0.5) is 0 Å². The van der Waals surface area contributed by atoms with Crippen LogP contribution in [-0.4, -0.2) is 28.8 Å². The van der Waals surface area contributed by atoms with Crippen molar-refractivity contribution in [3.63, 3.8) is 0 Å². The summed E-state index contributed by atoms with van der Waals surface area (Å²) in [6.07, 6.45) is 2.28. The molecule has 1 aromatic heterocycles. The Hall–Kier alpha value is -0.910. The second-order valence-corrected chi connectivity index (χ2v) is 3.73. The Morgan fingerprint density at radius 1 is 1.60 bits per heavy atom. The number of hydrogen-bond acceptors (Lipinski definition) is 4. The summed E-state index contributed by atoms with van der Waals surface area (Å²) in [5.74, 6) is 0.377. The van der Waals surface area contributed by atoms with Crippen molar-refractivity contribution in [2.24, 2.45) is 0 Å². The van der Waals surface area contributed by atoms with Crippen molar-refractivity contribution in [1.82, 2.24) is 14.2 Å². The predicted octanol–water partition coefficient (Wildman–Crippen LogP) is -0.606. The van der Waals surface area contributed by atoms with E-state index in [0.29, 0.717) is 5.82 Å². The summed E-state index contributed by atoms with van der Waals surface area (Å²) < 4.78 is 22.4. The van der Waals surface area contributed by atoms with Gasteiger partial charge in [-0.05, 0) is 6.92 Å². The number of aromatic nitrogens is 3. The van der Waals surface area contributed by atoms with E-state index < -0.39 is 10.0 Å². The zero-order valence-electron chi connectivity index (χ0n) is 5.64. The molecule has 0 unspecified atom stereocenters. The van der Waals surface area contributed by atoms with Crippen LogP contribution in [0.25, 0.3) is 0 Å². The fraction of sp³-hybridized carbons (Fsp3) is 0.500. The molecule has 5 nitrogen and oxygen atoms in total. The van der Waals surface area contributed by atoms with Crippen LogP contribution in [0.1, 0.15) is 5.82 Å². The summed E-state index contributed by atoms with van der Waals surface area (Å²) in [5.41, 5.74) is 0. The highest BCUT2D eigenvalue weighted by Crippen LogP contribution is 1.93. The number of nitrogens with zero attached hydrogens (tertiary/aromatic N) is 3. The van der Waals surface area contributed by atoms with Crippen LogP contribution in [0.2, 0.25) is 0 Å². The van der Waals surface area contributed by atoms with Gasteiger partial charge in [0.2, 0.25) is 0 Å². The van der Waals surface area contributed by atoms with Crippen molar-refractivity contribution in [2.45, 2.75) is 6.92 Å². The highest BCUT2D eigenvalue weighted by atomic mass is 32.2. The second-order valence-electron chi connectivity index (χ2n) is 1.91. The Balaban J connectivity index is 3.32. The van der Waals surface area contributed by atoms with Crippen molar-refractivity contribution >= 4 is 10.0 Å². The van der Waals surface area contributed by atoms with Gasteiger partial charge in [0, 0.05) is 0 Å². The summed E-state index contributed by atoms with van der Waals surface area (Å²) >= 11 is 0. The van der Waals surface area contributed by atoms with Crippen molar-refractivity contribution in [3.8, 4) is 0 Å². The van der Waals surface area contributed by atoms with Crippen molar-refractivity contribution in [2.75, 3.05) is 6.26 Å². The minimum absolute atomic E-state index is 0.377. The molecule has 1 heterocycles. The predicted molar refractivity (Wildman–Crippen MR) is 35.0 cm³/mol. The van der Waals surface area contributed by atoms with E-state index in [1.807, 2.05) is 0 Å². The molecular formula is C4H7N3O2S. The van der Waals surface area contributed by atoms with Crippen LogP contribution in [0.3, 0.4) is 0 Å². The smallest absolute Gasteiger partial charge is 0.219 e. The molecule has 0 atom stereocenters. The molecule has 0 amide bonds. The summed E-state index contributed by atoms with van der Waals surface area (Å²) in [7, 11) is -3.25. The Labute approximate surface area is 58.7 Å². The molecule has 0 radical (unpaired) electrons. The fourth-order valence-electron chi connectivity index (χ4n) is 0.615. The maximum absolute atomic E-state index is 10.8. The normalized spacial score (nSPS) is 11.8. The van der Waals surface area contributed by atoms with E-state index in [1.54, 1.807) is 6.92 Å². The Morgan fingerprint density at radius 2 is 2.20 bits per heavy atom. The van der Waals surface area contributed by atoms with E-state index >= 15 is 0 Å². The molecule has 6 heteroatoms. The molecule has 0 saturated heterocycles. The van der Waals surface area contributed by atoms with Crippen LogP contribution >= 0.6 is 0 Å². The number of rotatable bonds is 1. The highest BCUT2D eigenvalue weighted by Gasteiger charge is 2.08. The molecule has 0 aliphatic heterocycles. The Morgan fingerprint density at radius 3 is 2.40 bits per heavy atom. The Kier molecular flexibility index (Phi) is 1.47. The van der Waals surface area contributed by atoms with Gasteiger partial charge in [0.05, 0.1) is 6.26 Å². The maximum atomic E-state index is 10.8. The quantitative estimate of drug-likeness (QED) is 0.551. The molecule has 0 aliphatic carbocycles. The number of aryl methyl sites for hydroxylation is 1. The second kappa shape index (κ2) is 2.05. The van der Waals surface area contributed by atoms with Crippen molar-refractivity contribution in [3.05, 3.63) is 12.2 Å². The van der Waals surface area contributed by atoms with Crippen LogP contribution in [-0.2, 0) is 10.0 Å². The number of hydrogen-bond donors (Lipinski definition) is 0. The van der Waals surface area contributed by atoms with E-state index in [0.717, 1.165) is 10.3 Å². The van der Waals surface area contributed by atoms with E-state index in [-0.39, 0.29) is 0 Å². The molecule has 0 saturated carbocycles. The molecule has 0 fully saturated rings. The highest BCUT2D eigenvalue weighted by molar-refractivity contribution is 7.89. The first-order valence-corrected chi connectivity index (χ1v) is 4.44. The molecular weight excluding hydrogens is 154 g/mol. The van der Waals surface area contributed by atoms with Crippen molar-refractivity contribution in [1.29, 1.82) is 0 Å². The van der Waals surface area contributed by atoms with Gasteiger partial charge >= 0.3 is 0 Å². The van der Waals surface area contributed by atoms with E-state index in [1.165, 1.54) is 6.33 Å². The lowest BCUT2D eigenvalue weighted by Gasteiger charge is -1.95. The molecule has 10 heavy (non-hydrogen) atoms. The van der Waals surface area contributed by atoms with Crippen LogP contribution < -0.4 is 0 Å². The lowest BCUT2D eigenvalue weighted by molar-refractivity contribution is 0.584. The van der Waals surface area contributed by atoms with Gasteiger partial charge in [-0.1, -0.05) is 0 Å². The first-order valence-electron chi connectivity index (χ1n) is 2.59. The molecule has 0 aliphatic rings. The van der Waals surface area contributed by atoms with Crippen LogP contribution in [0.15, 0.2) is 6.33 Å². The van der Waals surface area contributed by atoms with Gasteiger partial charge in [-0.3, -0.25) is 0 Å². The third-order valence-electron chi connectivity index (χ3n) is 0.992. The zero-order chi connectivity index (χ0) is 7.78. The van der Waals surface area contributed by atoms with Gasteiger partial charge in [-0.2, -0.15) is 0 Å². The first kappa shape index (κ1) is 7.20. The largest absolute Gasteiger partial charge is 0.252 e. The SMILES string of the molecule is Cc1ncnn1S(C)(=O)=O. The molecule has 56 valence electrons. The molecule has 1 rings (SSSR count). The average molecular weight is 161 g/mol. The third-order valence-corrected chi connectivity index (χ3v) is 1.98. The molecule has 0 aromatic carbocycles. The first-order chi connectivity index (χ1) is 4.52. The average Bonchev–Trinajstić information content (AvgIpc) is 2.11. The third kappa shape index (κ3) is 1.15. The van der Waals surface area contributed by atoms with Gasteiger partial charge in [-0.25, -0.2) is 13.4 Å². The summed E-state index contributed by atoms with van der Waals surface area (Å²) in [4.78, 5) is 3.66. The van der Waals surface area contributed by atoms with Gasteiger partial charge < -0.3 is 0 Å². The minimum Gasteiger partial charge on any atom is -0.219 e. The van der Waals surface area contributed by atoms with Crippen LogP contribution in [0.5, 0.6) is 0 Å². The van der Waals surface area contributed by atoms with Gasteiger partial charge in [0.15, 0.2) is 0 Å². The molecule has 0 N–H and O–H groups in total.